The highest BCUT2D eigenvalue weighted by Gasteiger charge is 2.13. The summed E-state index contributed by atoms with van der Waals surface area (Å²) in [5, 5.41) is 2.96. The van der Waals surface area contributed by atoms with E-state index in [2.05, 4.69) is 9.99 Å². The first-order chi connectivity index (χ1) is 4.93. The number of ether oxygens (including phenoxy) is 1. The molecular weight excluding hydrogens is 134 g/mol. The summed E-state index contributed by atoms with van der Waals surface area (Å²) in [7, 11) is 0. The van der Waals surface area contributed by atoms with Crippen LogP contribution in [0.4, 0.5) is 0 Å². The second-order valence-corrected chi connectivity index (χ2v) is 2.08. The summed E-state index contributed by atoms with van der Waals surface area (Å²) in [6, 6.07) is 0. The molecule has 1 heterocycles. The minimum Gasteiger partial charge on any atom is -0.353 e. The van der Waals surface area contributed by atoms with Gasteiger partial charge in [0.05, 0.1) is 6.61 Å². The quantitative estimate of drug-likeness (QED) is 0.326. The van der Waals surface area contributed by atoms with E-state index in [0.717, 1.165) is 19.3 Å². The molecule has 0 spiro atoms. The van der Waals surface area contributed by atoms with Gasteiger partial charge in [0.25, 0.3) is 6.08 Å². The highest BCUT2D eigenvalue weighted by atomic mass is 16.8. The Bertz CT molecular complexity index is 136. The van der Waals surface area contributed by atoms with Crippen LogP contribution in [-0.2, 0) is 14.4 Å². The lowest BCUT2D eigenvalue weighted by molar-refractivity contribution is -0.162. The van der Waals surface area contributed by atoms with Crippen molar-refractivity contribution in [1.29, 1.82) is 0 Å². The number of carbonyl (C=O) groups excluding carboxylic acids is 1. The number of nitrogens with zero attached hydrogens (tertiary/aromatic N) is 1. The molecule has 0 radical (unpaired) electrons. The summed E-state index contributed by atoms with van der Waals surface area (Å²) in [4.78, 5) is 14.2. The fraction of sp³-hybridized carbons (Fsp3) is 0.833. The Labute approximate surface area is 58.8 Å². The maximum absolute atomic E-state index is 9.58. The number of hydrogen-bond donors (Lipinski definition) is 0. The Kier molecular flexibility index (Phi) is 2.93. The molecule has 1 saturated heterocycles. The van der Waals surface area contributed by atoms with E-state index in [1.54, 1.807) is 0 Å². The Morgan fingerprint density at radius 2 is 2.50 bits per heavy atom. The van der Waals surface area contributed by atoms with Gasteiger partial charge >= 0.3 is 0 Å². The molecule has 1 unspecified atom stereocenters. The molecule has 4 heteroatoms. The van der Waals surface area contributed by atoms with Gasteiger partial charge in [-0.3, -0.25) is 0 Å². The van der Waals surface area contributed by atoms with Crippen LogP contribution in [0.1, 0.15) is 19.3 Å². The fourth-order valence-corrected chi connectivity index (χ4v) is 0.875. The van der Waals surface area contributed by atoms with Crippen LogP contribution >= 0.6 is 0 Å². The van der Waals surface area contributed by atoms with Crippen LogP contribution in [0.25, 0.3) is 0 Å². The summed E-state index contributed by atoms with van der Waals surface area (Å²) in [6.45, 7) is 0.693. The molecule has 1 aliphatic rings. The van der Waals surface area contributed by atoms with Crippen LogP contribution in [0.3, 0.4) is 0 Å². The predicted molar refractivity (Wildman–Crippen MR) is 32.8 cm³/mol. The van der Waals surface area contributed by atoms with Gasteiger partial charge in [0.15, 0.2) is 0 Å². The lowest BCUT2D eigenvalue weighted by Crippen LogP contribution is -2.19. The van der Waals surface area contributed by atoms with Gasteiger partial charge in [0, 0.05) is 11.6 Å². The van der Waals surface area contributed by atoms with Crippen molar-refractivity contribution in [2.45, 2.75) is 25.6 Å². The van der Waals surface area contributed by atoms with Crippen molar-refractivity contribution in [2.75, 3.05) is 6.61 Å². The standard InChI is InChI=1S/C6H9NO3/c8-5-7-10-6-3-1-2-4-9-6/h6H,1-4H2. The van der Waals surface area contributed by atoms with Crippen molar-refractivity contribution in [1.82, 2.24) is 0 Å². The molecule has 0 aromatic heterocycles. The highest BCUT2D eigenvalue weighted by molar-refractivity contribution is 5.31. The maximum Gasteiger partial charge on any atom is 0.276 e. The zero-order chi connectivity index (χ0) is 7.23. The summed E-state index contributed by atoms with van der Waals surface area (Å²) < 4.78 is 5.09. The second-order valence-electron chi connectivity index (χ2n) is 2.08. The SMILES string of the molecule is O=C=NOC1CCCCO1. The van der Waals surface area contributed by atoms with Gasteiger partial charge in [-0.1, -0.05) is 0 Å². The average molecular weight is 143 g/mol. The maximum atomic E-state index is 9.58. The van der Waals surface area contributed by atoms with Crippen molar-refractivity contribution in [3.8, 4) is 0 Å². The first-order valence-electron chi connectivity index (χ1n) is 3.28. The number of hydrogen-bond acceptors (Lipinski definition) is 4. The van der Waals surface area contributed by atoms with E-state index in [1.807, 2.05) is 0 Å². The van der Waals surface area contributed by atoms with Gasteiger partial charge in [-0.05, 0) is 12.8 Å². The molecule has 0 N–H and O–H groups in total. The second kappa shape index (κ2) is 4.04. The van der Waals surface area contributed by atoms with Gasteiger partial charge < -0.3 is 9.57 Å². The zero-order valence-corrected chi connectivity index (χ0v) is 5.58. The zero-order valence-electron chi connectivity index (χ0n) is 5.58. The van der Waals surface area contributed by atoms with Crippen LogP contribution in [0, 0.1) is 0 Å². The minimum atomic E-state index is -0.324. The van der Waals surface area contributed by atoms with Gasteiger partial charge in [-0.2, -0.15) is 0 Å². The Hall–Kier alpha value is -0.860. The molecule has 56 valence electrons. The van der Waals surface area contributed by atoms with Crippen LogP contribution in [0.15, 0.2) is 5.16 Å². The van der Waals surface area contributed by atoms with Crippen molar-refractivity contribution in [3.05, 3.63) is 0 Å². The van der Waals surface area contributed by atoms with Crippen molar-refractivity contribution in [2.24, 2.45) is 5.16 Å². The molecule has 1 atom stereocenters. The van der Waals surface area contributed by atoms with E-state index in [9.17, 15) is 4.79 Å². The largest absolute Gasteiger partial charge is 0.353 e. The molecule has 0 saturated carbocycles. The van der Waals surface area contributed by atoms with Crippen molar-refractivity contribution in [3.63, 3.8) is 0 Å². The topological polar surface area (TPSA) is 47.9 Å². The lowest BCUT2D eigenvalue weighted by atomic mass is 10.2. The molecule has 1 fully saturated rings. The van der Waals surface area contributed by atoms with E-state index < -0.39 is 0 Å². The minimum absolute atomic E-state index is 0.324. The smallest absolute Gasteiger partial charge is 0.276 e. The predicted octanol–water partition coefficient (Wildman–Crippen LogP) is 0.780. The molecular formula is C6H9NO3. The summed E-state index contributed by atoms with van der Waals surface area (Å²) in [6.07, 6.45) is 3.90. The molecule has 0 aliphatic carbocycles. The fourth-order valence-electron chi connectivity index (χ4n) is 0.875. The highest BCUT2D eigenvalue weighted by Crippen LogP contribution is 2.13. The Balaban J connectivity index is 2.19. The van der Waals surface area contributed by atoms with Gasteiger partial charge in [-0.15, -0.1) is 0 Å². The summed E-state index contributed by atoms with van der Waals surface area (Å²) >= 11 is 0. The lowest BCUT2D eigenvalue weighted by Gasteiger charge is -2.18. The average Bonchev–Trinajstić information content (AvgIpc) is 2.03. The molecule has 1 aliphatic heterocycles. The Morgan fingerprint density at radius 3 is 3.10 bits per heavy atom. The van der Waals surface area contributed by atoms with Gasteiger partial charge in [0.1, 0.15) is 0 Å². The van der Waals surface area contributed by atoms with Crippen LogP contribution < -0.4 is 0 Å². The van der Waals surface area contributed by atoms with Gasteiger partial charge in [-0.25, -0.2) is 4.79 Å². The third-order valence-corrected chi connectivity index (χ3v) is 1.35. The van der Waals surface area contributed by atoms with E-state index >= 15 is 0 Å². The molecule has 1 rings (SSSR count). The molecule has 0 bridgehead atoms. The van der Waals surface area contributed by atoms with Gasteiger partial charge in [0.2, 0.25) is 6.29 Å². The summed E-state index contributed by atoms with van der Waals surface area (Å²) in [5.74, 6) is 0. The van der Waals surface area contributed by atoms with Crippen LogP contribution in [-0.4, -0.2) is 19.0 Å². The van der Waals surface area contributed by atoms with E-state index in [-0.39, 0.29) is 6.29 Å². The number of rotatable bonds is 2. The van der Waals surface area contributed by atoms with E-state index in [0.29, 0.717) is 6.61 Å². The summed E-state index contributed by atoms with van der Waals surface area (Å²) in [5.41, 5.74) is 0. The molecule has 4 nitrogen and oxygen atoms in total. The first kappa shape index (κ1) is 7.25. The molecule has 0 aromatic carbocycles. The first-order valence-corrected chi connectivity index (χ1v) is 3.28. The molecule has 0 amide bonds. The van der Waals surface area contributed by atoms with Crippen molar-refractivity contribution < 1.29 is 14.4 Å². The molecule has 10 heavy (non-hydrogen) atoms. The van der Waals surface area contributed by atoms with Crippen LogP contribution in [0.2, 0.25) is 0 Å². The third-order valence-electron chi connectivity index (χ3n) is 1.35. The molecule has 0 aromatic rings. The van der Waals surface area contributed by atoms with Crippen LogP contribution in [0.5, 0.6) is 0 Å². The van der Waals surface area contributed by atoms with Crippen molar-refractivity contribution >= 4 is 6.08 Å². The number of isocyanates is 1. The normalized spacial score (nSPS) is 25.0. The monoisotopic (exact) mass is 143 g/mol. The third kappa shape index (κ3) is 2.17. The Morgan fingerprint density at radius 1 is 1.60 bits per heavy atom. The van der Waals surface area contributed by atoms with E-state index in [1.165, 1.54) is 6.08 Å². The van der Waals surface area contributed by atoms with E-state index in [4.69, 9.17) is 4.74 Å².